The lowest BCUT2D eigenvalue weighted by atomic mass is 10.1. The molecule has 0 atom stereocenters. The highest BCUT2D eigenvalue weighted by Crippen LogP contribution is 2.26. The minimum absolute atomic E-state index is 0.0825. The van der Waals surface area contributed by atoms with Crippen LogP contribution in [0.4, 0.5) is 5.69 Å². The number of carbonyl (C=O) groups excluding carboxylic acids is 1. The highest BCUT2D eigenvalue weighted by Gasteiger charge is 2.18. The van der Waals surface area contributed by atoms with Gasteiger partial charge in [-0.2, -0.15) is 0 Å². The fourth-order valence-corrected chi connectivity index (χ4v) is 3.67. The van der Waals surface area contributed by atoms with Gasteiger partial charge in [0, 0.05) is 11.6 Å². The maximum absolute atomic E-state index is 12.6. The van der Waals surface area contributed by atoms with E-state index in [1.807, 2.05) is 0 Å². The molecule has 4 N–H and O–H groups in total. The average molecular weight is 411 g/mol. The summed E-state index contributed by atoms with van der Waals surface area (Å²) in [6.45, 7) is 0. The lowest BCUT2D eigenvalue weighted by Gasteiger charge is -2.11. The topological polar surface area (TPSA) is 124 Å². The van der Waals surface area contributed by atoms with E-state index in [2.05, 4.69) is 4.72 Å². The first-order valence-electron chi connectivity index (χ1n) is 8.41. The molecule has 29 heavy (non-hydrogen) atoms. The quantitative estimate of drug-likeness (QED) is 0.280. The summed E-state index contributed by atoms with van der Waals surface area (Å²) in [5.41, 5.74) is 0.681. The molecular weight excluding hydrogens is 394 g/mol. The van der Waals surface area contributed by atoms with E-state index in [0.717, 1.165) is 6.07 Å². The Bertz CT molecular complexity index is 1200. The summed E-state index contributed by atoms with van der Waals surface area (Å²) in [4.78, 5) is 12.5. The molecule has 0 fully saturated rings. The van der Waals surface area contributed by atoms with Crippen LogP contribution in [-0.2, 0) is 10.0 Å². The number of nitrogens with one attached hydrogen (secondary N) is 1. The van der Waals surface area contributed by atoms with E-state index >= 15 is 0 Å². The summed E-state index contributed by atoms with van der Waals surface area (Å²) >= 11 is 0. The molecule has 0 aromatic heterocycles. The van der Waals surface area contributed by atoms with Crippen LogP contribution in [0.2, 0.25) is 0 Å². The number of sulfonamides is 1. The van der Waals surface area contributed by atoms with E-state index in [-0.39, 0.29) is 33.4 Å². The molecule has 0 saturated carbocycles. The molecule has 0 radical (unpaired) electrons. The molecule has 0 heterocycles. The van der Waals surface area contributed by atoms with Gasteiger partial charge in [0.25, 0.3) is 10.0 Å². The molecule has 0 aliphatic rings. The predicted octanol–water partition coefficient (Wildman–Crippen LogP) is 3.50. The van der Waals surface area contributed by atoms with E-state index in [4.69, 9.17) is 0 Å². The normalized spacial score (nSPS) is 11.4. The van der Waals surface area contributed by atoms with Crippen molar-refractivity contribution in [2.24, 2.45) is 0 Å². The number of rotatable bonds is 6. The van der Waals surface area contributed by atoms with Gasteiger partial charge in [-0.05, 0) is 48.0 Å². The third-order valence-electron chi connectivity index (χ3n) is 3.99. The molecular formula is C21H17NO6S. The molecule has 8 heteroatoms. The zero-order valence-corrected chi connectivity index (χ0v) is 15.8. The summed E-state index contributed by atoms with van der Waals surface area (Å²) in [6.07, 6.45) is 2.66. The first kappa shape index (κ1) is 20.0. The standard InChI is InChI=1S/C21H17NO6S/c23-15-4-3-5-16(13-15)29(27,28)22-18-7-2-1-6-17(18)19(24)10-8-14-9-11-20(25)21(26)12-14/h1-13,22-23,25-26H/b10-8+. The van der Waals surface area contributed by atoms with Gasteiger partial charge in [-0.25, -0.2) is 8.42 Å². The minimum atomic E-state index is -4.02. The molecule has 0 bridgehead atoms. The molecule has 0 aliphatic heterocycles. The van der Waals surface area contributed by atoms with Crippen LogP contribution in [0, 0.1) is 0 Å². The third-order valence-corrected chi connectivity index (χ3v) is 5.35. The molecule has 0 saturated heterocycles. The molecule has 0 aliphatic carbocycles. The number of phenols is 3. The third kappa shape index (κ3) is 4.74. The summed E-state index contributed by atoms with van der Waals surface area (Å²) in [6, 6.07) is 15.4. The van der Waals surface area contributed by atoms with E-state index in [0.29, 0.717) is 5.56 Å². The Hall–Kier alpha value is -3.78. The number of ketones is 1. The fourth-order valence-electron chi connectivity index (χ4n) is 2.55. The van der Waals surface area contributed by atoms with Crippen LogP contribution in [0.25, 0.3) is 6.08 Å². The number of benzene rings is 3. The van der Waals surface area contributed by atoms with Gasteiger partial charge in [0.2, 0.25) is 0 Å². The summed E-state index contributed by atoms with van der Waals surface area (Å²) in [5.74, 6) is -1.26. The summed E-state index contributed by atoms with van der Waals surface area (Å²) < 4.78 is 27.5. The maximum atomic E-state index is 12.6. The van der Waals surface area contributed by atoms with Gasteiger partial charge in [-0.3, -0.25) is 9.52 Å². The highest BCUT2D eigenvalue weighted by atomic mass is 32.2. The number of para-hydroxylation sites is 1. The van der Waals surface area contributed by atoms with Gasteiger partial charge in [0.1, 0.15) is 5.75 Å². The Balaban J connectivity index is 1.87. The Morgan fingerprint density at radius 3 is 2.34 bits per heavy atom. The Morgan fingerprint density at radius 1 is 0.862 bits per heavy atom. The van der Waals surface area contributed by atoms with E-state index in [1.165, 1.54) is 60.7 Å². The van der Waals surface area contributed by atoms with Crippen LogP contribution in [0.3, 0.4) is 0 Å². The van der Waals surface area contributed by atoms with Crippen LogP contribution in [0.5, 0.6) is 17.2 Å². The molecule has 3 aromatic rings. The maximum Gasteiger partial charge on any atom is 0.262 e. The Kier molecular flexibility index (Phi) is 5.56. The van der Waals surface area contributed by atoms with Crippen molar-refractivity contribution < 1.29 is 28.5 Å². The van der Waals surface area contributed by atoms with Gasteiger partial charge in [-0.1, -0.05) is 30.3 Å². The van der Waals surface area contributed by atoms with Crippen LogP contribution >= 0.6 is 0 Å². The Labute approximate surface area is 167 Å². The highest BCUT2D eigenvalue weighted by molar-refractivity contribution is 7.92. The van der Waals surface area contributed by atoms with E-state index in [1.54, 1.807) is 12.1 Å². The monoisotopic (exact) mass is 411 g/mol. The van der Waals surface area contributed by atoms with E-state index in [9.17, 15) is 28.5 Å². The molecule has 3 aromatic carbocycles. The molecule has 0 spiro atoms. The van der Waals surface area contributed by atoms with Crippen LogP contribution in [0.15, 0.2) is 77.7 Å². The molecule has 0 unspecified atom stereocenters. The number of hydrogen-bond acceptors (Lipinski definition) is 6. The predicted molar refractivity (Wildman–Crippen MR) is 108 cm³/mol. The zero-order chi connectivity index (χ0) is 21.0. The molecule has 3 rings (SSSR count). The van der Waals surface area contributed by atoms with Crippen molar-refractivity contribution in [1.29, 1.82) is 0 Å². The fraction of sp³-hybridized carbons (Fsp3) is 0. The number of aromatic hydroxyl groups is 3. The van der Waals surface area contributed by atoms with Gasteiger partial charge in [-0.15, -0.1) is 0 Å². The summed E-state index contributed by atoms with van der Waals surface area (Å²) in [7, 11) is -4.02. The zero-order valence-electron chi connectivity index (χ0n) is 15.0. The second kappa shape index (κ2) is 8.07. The molecule has 148 valence electrons. The number of allylic oxidation sites excluding steroid dienone is 1. The van der Waals surface area contributed by atoms with Gasteiger partial charge < -0.3 is 15.3 Å². The van der Waals surface area contributed by atoms with Gasteiger partial charge in [0.15, 0.2) is 17.3 Å². The first-order chi connectivity index (χ1) is 13.8. The van der Waals surface area contributed by atoms with Crippen molar-refractivity contribution >= 4 is 27.6 Å². The SMILES string of the molecule is O=C(/C=C/c1ccc(O)c(O)c1)c1ccccc1NS(=O)(=O)c1cccc(O)c1. The van der Waals surface area contributed by atoms with Crippen LogP contribution in [0.1, 0.15) is 15.9 Å². The van der Waals surface area contributed by atoms with Crippen molar-refractivity contribution in [2.75, 3.05) is 4.72 Å². The lowest BCUT2D eigenvalue weighted by Crippen LogP contribution is -2.15. The second-order valence-corrected chi connectivity index (χ2v) is 7.78. The van der Waals surface area contributed by atoms with E-state index < -0.39 is 15.8 Å². The van der Waals surface area contributed by atoms with Crippen molar-refractivity contribution in [3.63, 3.8) is 0 Å². The van der Waals surface area contributed by atoms with Crippen LogP contribution in [-0.4, -0.2) is 29.5 Å². The van der Waals surface area contributed by atoms with Crippen molar-refractivity contribution in [2.45, 2.75) is 4.90 Å². The molecule has 7 nitrogen and oxygen atoms in total. The molecule has 0 amide bonds. The number of anilines is 1. The smallest absolute Gasteiger partial charge is 0.262 e. The summed E-state index contributed by atoms with van der Waals surface area (Å²) in [5, 5.41) is 28.4. The number of carbonyl (C=O) groups is 1. The van der Waals surface area contributed by atoms with Gasteiger partial charge in [0.05, 0.1) is 10.6 Å². The number of phenolic OH excluding ortho intramolecular Hbond substituents is 3. The van der Waals surface area contributed by atoms with Crippen molar-refractivity contribution in [3.05, 3.63) is 83.9 Å². The van der Waals surface area contributed by atoms with Crippen LogP contribution < -0.4 is 4.72 Å². The van der Waals surface area contributed by atoms with Crippen molar-refractivity contribution in [1.82, 2.24) is 0 Å². The number of hydrogen-bond donors (Lipinski definition) is 4. The first-order valence-corrected chi connectivity index (χ1v) is 9.90. The second-order valence-electron chi connectivity index (χ2n) is 6.09. The average Bonchev–Trinajstić information content (AvgIpc) is 2.69. The largest absolute Gasteiger partial charge is 0.508 e. The lowest BCUT2D eigenvalue weighted by molar-refractivity contribution is 0.104. The Morgan fingerprint density at radius 2 is 1.62 bits per heavy atom. The van der Waals surface area contributed by atoms with Crippen molar-refractivity contribution in [3.8, 4) is 17.2 Å². The van der Waals surface area contributed by atoms with Gasteiger partial charge >= 0.3 is 0 Å². The minimum Gasteiger partial charge on any atom is -0.508 e.